The van der Waals surface area contributed by atoms with Crippen LogP contribution in [0.2, 0.25) is 0 Å². The summed E-state index contributed by atoms with van der Waals surface area (Å²) in [5.41, 5.74) is 0.441. The third-order valence-electron chi connectivity index (χ3n) is 2.02. The minimum absolute atomic E-state index is 0.142. The Morgan fingerprint density at radius 2 is 2.19 bits per heavy atom. The van der Waals surface area contributed by atoms with Crippen LogP contribution in [-0.4, -0.2) is 5.91 Å². The predicted molar refractivity (Wildman–Crippen MR) is 57.4 cm³/mol. The fourth-order valence-corrected chi connectivity index (χ4v) is 1.34. The zero-order chi connectivity index (χ0) is 11.4. The van der Waals surface area contributed by atoms with E-state index in [2.05, 4.69) is 5.32 Å². The summed E-state index contributed by atoms with van der Waals surface area (Å²) >= 11 is 0. The van der Waals surface area contributed by atoms with E-state index in [-0.39, 0.29) is 18.1 Å². The third kappa shape index (κ3) is 2.70. The molecular weight excluding hydrogens is 209 g/mol. The first-order chi connectivity index (χ1) is 7.74. The molecule has 3 nitrogen and oxygen atoms in total. The first-order valence-corrected chi connectivity index (χ1v) is 4.82. The van der Waals surface area contributed by atoms with E-state index in [4.69, 9.17) is 4.42 Å². The fraction of sp³-hybridized carbons (Fsp3) is 0.0833. The molecule has 2 aromatic rings. The minimum atomic E-state index is -0.379. The lowest BCUT2D eigenvalue weighted by atomic mass is 10.2. The van der Waals surface area contributed by atoms with E-state index in [1.807, 2.05) is 0 Å². The van der Waals surface area contributed by atoms with Crippen LogP contribution in [0.25, 0.3) is 0 Å². The van der Waals surface area contributed by atoms with Crippen LogP contribution >= 0.6 is 0 Å². The van der Waals surface area contributed by atoms with Gasteiger partial charge in [-0.25, -0.2) is 4.39 Å². The van der Waals surface area contributed by atoms with Crippen molar-refractivity contribution in [2.45, 2.75) is 6.42 Å². The molecule has 1 aromatic heterocycles. The quantitative estimate of drug-likeness (QED) is 0.862. The van der Waals surface area contributed by atoms with E-state index in [9.17, 15) is 9.18 Å². The summed E-state index contributed by atoms with van der Waals surface area (Å²) in [7, 11) is 0. The fourth-order valence-electron chi connectivity index (χ4n) is 1.34. The summed E-state index contributed by atoms with van der Waals surface area (Å²) in [5.74, 6) is -0.0368. The Kier molecular flexibility index (Phi) is 3.00. The van der Waals surface area contributed by atoms with Gasteiger partial charge in [0.05, 0.1) is 12.7 Å². The largest absolute Gasteiger partial charge is 0.469 e. The predicted octanol–water partition coefficient (Wildman–Crippen LogP) is 2.60. The average molecular weight is 219 g/mol. The lowest BCUT2D eigenvalue weighted by Crippen LogP contribution is -2.13. The SMILES string of the molecule is O=C(Cc1ccco1)Nc1cccc(F)c1. The van der Waals surface area contributed by atoms with Gasteiger partial charge in [0, 0.05) is 5.69 Å². The molecule has 1 heterocycles. The maximum Gasteiger partial charge on any atom is 0.231 e. The van der Waals surface area contributed by atoms with Gasteiger partial charge >= 0.3 is 0 Å². The van der Waals surface area contributed by atoms with Crippen LogP contribution < -0.4 is 5.32 Å². The second-order valence-electron chi connectivity index (χ2n) is 3.31. The van der Waals surface area contributed by atoms with Crippen LogP contribution in [0.3, 0.4) is 0 Å². The maximum atomic E-state index is 12.8. The van der Waals surface area contributed by atoms with Crippen molar-refractivity contribution in [3.05, 3.63) is 54.2 Å². The van der Waals surface area contributed by atoms with Gasteiger partial charge in [0.15, 0.2) is 0 Å². The highest BCUT2D eigenvalue weighted by molar-refractivity contribution is 5.91. The summed E-state index contributed by atoms with van der Waals surface area (Å²) < 4.78 is 17.9. The molecule has 0 spiro atoms. The van der Waals surface area contributed by atoms with Crippen LogP contribution in [0.4, 0.5) is 10.1 Å². The van der Waals surface area contributed by atoms with Gasteiger partial charge in [-0.2, -0.15) is 0 Å². The Morgan fingerprint density at radius 1 is 1.31 bits per heavy atom. The molecule has 0 fully saturated rings. The van der Waals surface area contributed by atoms with Crippen molar-refractivity contribution in [1.29, 1.82) is 0 Å². The van der Waals surface area contributed by atoms with Crippen molar-refractivity contribution >= 4 is 11.6 Å². The van der Waals surface area contributed by atoms with E-state index in [0.29, 0.717) is 11.4 Å². The molecule has 0 aliphatic heterocycles. The van der Waals surface area contributed by atoms with Gasteiger partial charge in [0.1, 0.15) is 11.6 Å². The van der Waals surface area contributed by atoms with Crippen molar-refractivity contribution in [2.24, 2.45) is 0 Å². The number of hydrogen-bond acceptors (Lipinski definition) is 2. The second kappa shape index (κ2) is 4.61. The van der Waals surface area contributed by atoms with Crippen LogP contribution in [0, 0.1) is 5.82 Å². The molecule has 0 bridgehead atoms. The molecule has 0 aliphatic rings. The summed E-state index contributed by atoms with van der Waals surface area (Å²) in [6.07, 6.45) is 1.65. The topological polar surface area (TPSA) is 42.2 Å². The molecule has 0 saturated carbocycles. The number of carbonyl (C=O) groups excluding carboxylic acids is 1. The van der Waals surface area contributed by atoms with Crippen molar-refractivity contribution in [3.8, 4) is 0 Å². The summed E-state index contributed by atoms with van der Waals surface area (Å²) in [6.45, 7) is 0. The maximum absolute atomic E-state index is 12.8. The lowest BCUT2D eigenvalue weighted by molar-refractivity contribution is -0.115. The van der Waals surface area contributed by atoms with Crippen molar-refractivity contribution in [2.75, 3.05) is 5.32 Å². The Balaban J connectivity index is 1.97. The minimum Gasteiger partial charge on any atom is -0.469 e. The molecule has 4 heteroatoms. The van der Waals surface area contributed by atoms with E-state index in [1.165, 1.54) is 24.5 Å². The van der Waals surface area contributed by atoms with E-state index < -0.39 is 0 Å². The number of furan rings is 1. The lowest BCUT2D eigenvalue weighted by Gasteiger charge is -2.03. The van der Waals surface area contributed by atoms with Crippen LogP contribution in [0.1, 0.15) is 5.76 Å². The number of nitrogens with one attached hydrogen (secondary N) is 1. The molecule has 16 heavy (non-hydrogen) atoms. The average Bonchev–Trinajstić information content (AvgIpc) is 2.70. The molecule has 0 unspecified atom stereocenters. The highest BCUT2D eigenvalue weighted by Crippen LogP contribution is 2.10. The first-order valence-electron chi connectivity index (χ1n) is 4.82. The molecule has 0 saturated heterocycles. The Labute approximate surface area is 91.9 Å². The van der Waals surface area contributed by atoms with Gasteiger partial charge in [-0.05, 0) is 30.3 Å². The molecule has 0 atom stereocenters. The Hall–Kier alpha value is -2.10. The monoisotopic (exact) mass is 219 g/mol. The number of carbonyl (C=O) groups is 1. The summed E-state index contributed by atoms with van der Waals surface area (Å²) in [4.78, 5) is 11.5. The smallest absolute Gasteiger partial charge is 0.231 e. The van der Waals surface area contributed by atoms with Crippen LogP contribution in [-0.2, 0) is 11.2 Å². The zero-order valence-electron chi connectivity index (χ0n) is 8.44. The summed E-state index contributed by atoms with van der Waals surface area (Å²) in [6, 6.07) is 9.18. The molecule has 0 aliphatic carbocycles. The highest BCUT2D eigenvalue weighted by atomic mass is 19.1. The number of anilines is 1. The number of hydrogen-bond donors (Lipinski definition) is 1. The number of rotatable bonds is 3. The highest BCUT2D eigenvalue weighted by Gasteiger charge is 2.06. The molecule has 1 amide bonds. The first kappa shape index (κ1) is 10.4. The molecule has 2 rings (SSSR count). The Morgan fingerprint density at radius 3 is 2.88 bits per heavy atom. The van der Waals surface area contributed by atoms with Crippen molar-refractivity contribution < 1.29 is 13.6 Å². The molecule has 0 radical (unpaired) electrons. The van der Waals surface area contributed by atoms with Gasteiger partial charge < -0.3 is 9.73 Å². The molecule has 82 valence electrons. The normalized spacial score (nSPS) is 10.1. The van der Waals surface area contributed by atoms with Crippen LogP contribution in [0.15, 0.2) is 47.1 Å². The Bertz CT molecular complexity index is 480. The van der Waals surface area contributed by atoms with Crippen LogP contribution in [0.5, 0.6) is 0 Å². The van der Waals surface area contributed by atoms with E-state index in [1.54, 1.807) is 18.2 Å². The van der Waals surface area contributed by atoms with Crippen molar-refractivity contribution in [3.63, 3.8) is 0 Å². The molecule has 1 N–H and O–H groups in total. The van der Waals surface area contributed by atoms with Gasteiger partial charge in [0.2, 0.25) is 5.91 Å². The number of amides is 1. The number of halogens is 1. The van der Waals surface area contributed by atoms with Gasteiger partial charge in [-0.1, -0.05) is 6.07 Å². The second-order valence-corrected chi connectivity index (χ2v) is 3.31. The standard InChI is InChI=1S/C12H10FNO2/c13-9-3-1-4-10(7-9)14-12(15)8-11-5-2-6-16-11/h1-7H,8H2,(H,14,15). The molecule has 1 aromatic carbocycles. The number of benzene rings is 1. The zero-order valence-corrected chi connectivity index (χ0v) is 8.44. The van der Waals surface area contributed by atoms with Gasteiger partial charge in [-0.3, -0.25) is 4.79 Å². The summed E-state index contributed by atoms with van der Waals surface area (Å²) in [5, 5.41) is 2.58. The van der Waals surface area contributed by atoms with Crippen molar-refractivity contribution in [1.82, 2.24) is 0 Å². The third-order valence-corrected chi connectivity index (χ3v) is 2.02. The molecular formula is C12H10FNO2. The van der Waals surface area contributed by atoms with Gasteiger partial charge in [0.25, 0.3) is 0 Å². The van der Waals surface area contributed by atoms with E-state index in [0.717, 1.165) is 0 Å². The van der Waals surface area contributed by atoms with E-state index >= 15 is 0 Å². The van der Waals surface area contributed by atoms with Gasteiger partial charge in [-0.15, -0.1) is 0 Å².